The summed E-state index contributed by atoms with van der Waals surface area (Å²) >= 11 is 0. The molecule has 0 heterocycles. The van der Waals surface area contributed by atoms with Crippen LogP contribution in [0.1, 0.15) is 31.2 Å². The second-order valence-electron chi connectivity index (χ2n) is 4.19. The van der Waals surface area contributed by atoms with Crippen molar-refractivity contribution in [3.05, 3.63) is 52.4 Å². The molecule has 1 atom stereocenters. The third kappa shape index (κ3) is 4.85. The summed E-state index contributed by atoms with van der Waals surface area (Å²) in [5, 5.41) is 0. The zero-order valence-corrected chi connectivity index (χ0v) is 10.2. The molecule has 94 valence electrons. The fourth-order valence-electron chi connectivity index (χ4n) is 2.00. The van der Waals surface area contributed by atoms with Gasteiger partial charge in [0.1, 0.15) is 5.78 Å². The van der Waals surface area contributed by atoms with Gasteiger partial charge in [0, 0.05) is 12.3 Å². The van der Waals surface area contributed by atoms with Gasteiger partial charge < -0.3 is 0 Å². The molecule has 1 fully saturated rings. The van der Waals surface area contributed by atoms with Gasteiger partial charge in [0.2, 0.25) is 0 Å². The van der Waals surface area contributed by atoms with Gasteiger partial charge in [-0.25, -0.2) is 0 Å². The van der Waals surface area contributed by atoms with Gasteiger partial charge in [0.15, 0.2) is 0 Å². The molecule has 18 heavy (non-hydrogen) atoms. The fraction of sp³-hybridized carbons (Fsp3) is 0.357. The van der Waals surface area contributed by atoms with E-state index in [4.69, 9.17) is 11.1 Å². The predicted octanol–water partition coefficient (Wildman–Crippen LogP) is 4.33. The van der Waals surface area contributed by atoms with E-state index >= 15 is 0 Å². The Morgan fingerprint density at radius 3 is 2.56 bits per heavy atom. The highest BCUT2D eigenvalue weighted by molar-refractivity contribution is 5.84. The Morgan fingerprint density at radius 2 is 1.94 bits per heavy atom. The van der Waals surface area contributed by atoms with Crippen LogP contribution >= 0.6 is 0 Å². The monoisotopic (exact) mass is 243 g/mol. The van der Waals surface area contributed by atoms with E-state index in [1.165, 1.54) is 12.0 Å². The highest BCUT2D eigenvalue weighted by Crippen LogP contribution is 2.22. The molecule has 2 rings (SSSR count). The molecule has 0 spiro atoms. The molecule has 1 aliphatic carbocycles. The molecule has 4 nitrogen and oxygen atoms in total. The van der Waals surface area contributed by atoms with E-state index in [0.717, 1.165) is 19.3 Å². The number of hydrogen-bond acceptors (Lipinski definition) is 2. The first-order chi connectivity index (χ1) is 8.77. The number of ketones is 1. The first-order valence-corrected chi connectivity index (χ1v) is 6.04. The Kier molecular flexibility index (Phi) is 6.30. The van der Waals surface area contributed by atoms with Crippen LogP contribution in [-0.2, 0) is 4.79 Å². The Morgan fingerprint density at radius 1 is 1.28 bits per heavy atom. The fourth-order valence-corrected chi connectivity index (χ4v) is 2.00. The van der Waals surface area contributed by atoms with Crippen molar-refractivity contribution in [3.8, 4) is 0 Å². The van der Waals surface area contributed by atoms with E-state index in [9.17, 15) is 4.79 Å². The predicted molar refractivity (Wildman–Crippen MR) is 71.9 cm³/mol. The number of carbonyl (C=O) groups is 1. The molecule has 1 unspecified atom stereocenters. The zero-order valence-electron chi connectivity index (χ0n) is 10.2. The first-order valence-electron chi connectivity index (χ1n) is 6.04. The largest absolute Gasteiger partial charge is 0.299 e. The summed E-state index contributed by atoms with van der Waals surface area (Å²) in [6.07, 6.45) is 8.20. The molecular weight excluding hydrogens is 226 g/mol. The van der Waals surface area contributed by atoms with Gasteiger partial charge in [-0.3, -0.25) is 4.79 Å². The molecule has 0 aliphatic heterocycles. The number of nitrogens with one attached hydrogen (secondary N) is 1. The molecular formula is C14H17N3O. The molecule has 0 amide bonds. The van der Waals surface area contributed by atoms with Crippen molar-refractivity contribution in [2.24, 2.45) is 5.92 Å². The number of carbonyl (C=O) groups excluding carboxylic acids is 1. The van der Waals surface area contributed by atoms with Crippen LogP contribution in [0.5, 0.6) is 0 Å². The normalized spacial score (nSPS) is 18.9. The van der Waals surface area contributed by atoms with Crippen molar-refractivity contribution in [2.75, 3.05) is 0 Å². The minimum Gasteiger partial charge on any atom is -0.299 e. The van der Waals surface area contributed by atoms with Crippen LogP contribution in [0.15, 0.2) is 36.4 Å². The second-order valence-corrected chi connectivity index (χ2v) is 4.19. The number of nitrogens with zero attached hydrogens (tertiary/aromatic N) is 2. The highest BCUT2D eigenvalue weighted by Gasteiger charge is 2.18. The lowest BCUT2D eigenvalue weighted by Crippen LogP contribution is -2.16. The lowest BCUT2D eigenvalue weighted by atomic mass is 9.87. The first kappa shape index (κ1) is 14.0. The van der Waals surface area contributed by atoms with Crippen LogP contribution < -0.4 is 0 Å². The number of Topliss-reactive ketones (excluding diaryl/α,β-unsaturated/α-hetero) is 1. The maximum absolute atomic E-state index is 11.6. The number of hydrogen-bond donors (Lipinski definition) is 1. The quantitative estimate of drug-likeness (QED) is 0.468. The van der Waals surface area contributed by atoms with Crippen molar-refractivity contribution in [1.29, 1.82) is 5.53 Å². The Labute approximate surface area is 107 Å². The average molecular weight is 243 g/mol. The van der Waals surface area contributed by atoms with Crippen molar-refractivity contribution >= 4 is 11.9 Å². The summed E-state index contributed by atoms with van der Waals surface area (Å²) in [4.78, 5) is 13.3. The van der Waals surface area contributed by atoms with E-state index in [0.29, 0.717) is 5.78 Å². The van der Waals surface area contributed by atoms with Crippen molar-refractivity contribution in [2.45, 2.75) is 25.7 Å². The molecule has 0 aromatic heterocycles. The van der Waals surface area contributed by atoms with Gasteiger partial charge in [0.05, 0.1) is 0 Å². The molecule has 1 saturated carbocycles. The van der Waals surface area contributed by atoms with E-state index in [1.807, 2.05) is 18.2 Å². The Bertz CT molecular complexity index is 434. The lowest BCUT2D eigenvalue weighted by molar-refractivity contribution is -0.122. The summed E-state index contributed by atoms with van der Waals surface area (Å²) in [6.45, 7) is 0. The minimum absolute atomic E-state index is 0.166. The maximum Gasteiger partial charge on any atom is 0.139 e. The third-order valence-corrected chi connectivity index (χ3v) is 2.92. The van der Waals surface area contributed by atoms with Crippen LogP contribution in [0.2, 0.25) is 0 Å². The topological polar surface area (TPSA) is 77.3 Å². The SMILES string of the molecule is O=C1CCCCC1C=Cc1ccccc1.[N-]=[N+]=N. The minimum atomic E-state index is 0.166. The standard InChI is InChI=1S/C14H16O.HN3/c15-14-9-5-4-8-13(14)11-10-12-6-2-1-3-7-12;1-3-2/h1-3,6-7,10-11,13H,4-5,8-9H2;1H. The summed E-state index contributed by atoms with van der Waals surface area (Å²) in [5.74, 6) is 0.576. The zero-order chi connectivity index (χ0) is 13.2. The molecule has 1 N–H and O–H groups in total. The summed E-state index contributed by atoms with van der Waals surface area (Å²) in [6, 6.07) is 10.2. The van der Waals surface area contributed by atoms with Crippen molar-refractivity contribution in [1.82, 2.24) is 0 Å². The lowest BCUT2D eigenvalue weighted by Gasteiger charge is -2.16. The average Bonchev–Trinajstić information content (AvgIpc) is 2.40. The maximum atomic E-state index is 11.6. The van der Waals surface area contributed by atoms with Gasteiger partial charge in [-0.1, -0.05) is 48.9 Å². The molecule has 0 radical (unpaired) electrons. The number of rotatable bonds is 2. The van der Waals surface area contributed by atoms with Gasteiger partial charge in [0.25, 0.3) is 0 Å². The number of benzene rings is 1. The smallest absolute Gasteiger partial charge is 0.139 e. The van der Waals surface area contributed by atoms with E-state index < -0.39 is 0 Å². The summed E-state index contributed by atoms with van der Waals surface area (Å²) in [7, 11) is 0. The molecule has 4 heteroatoms. The molecule has 0 bridgehead atoms. The molecule has 0 saturated heterocycles. The van der Waals surface area contributed by atoms with Crippen LogP contribution in [0, 0.1) is 11.4 Å². The Hall–Kier alpha value is -2.06. The molecule has 1 aliphatic rings. The molecule has 1 aromatic carbocycles. The van der Waals surface area contributed by atoms with E-state index in [2.05, 4.69) is 24.3 Å². The van der Waals surface area contributed by atoms with Crippen LogP contribution in [0.3, 0.4) is 0 Å². The van der Waals surface area contributed by atoms with Crippen LogP contribution in [0.4, 0.5) is 0 Å². The molecule has 1 aromatic rings. The van der Waals surface area contributed by atoms with Crippen LogP contribution in [-0.4, -0.2) is 5.78 Å². The summed E-state index contributed by atoms with van der Waals surface area (Å²) < 4.78 is 0. The van der Waals surface area contributed by atoms with Gasteiger partial charge in [-0.2, -0.15) is 0 Å². The van der Waals surface area contributed by atoms with Crippen LogP contribution in [0.25, 0.3) is 16.5 Å². The third-order valence-electron chi connectivity index (χ3n) is 2.92. The van der Waals surface area contributed by atoms with Gasteiger partial charge in [-0.05, 0) is 28.8 Å². The highest BCUT2D eigenvalue weighted by atomic mass is 16.1. The summed E-state index contributed by atoms with van der Waals surface area (Å²) in [5.41, 5.74) is 13.4. The van der Waals surface area contributed by atoms with Gasteiger partial charge in [-0.15, -0.1) is 5.53 Å². The number of allylic oxidation sites excluding steroid dienone is 1. The van der Waals surface area contributed by atoms with Crippen molar-refractivity contribution < 1.29 is 4.79 Å². The van der Waals surface area contributed by atoms with Gasteiger partial charge >= 0.3 is 0 Å². The van der Waals surface area contributed by atoms with E-state index in [-0.39, 0.29) is 5.92 Å². The van der Waals surface area contributed by atoms with E-state index in [1.54, 1.807) is 4.91 Å². The Balaban J connectivity index is 0.000000492. The van der Waals surface area contributed by atoms with Crippen molar-refractivity contribution in [3.63, 3.8) is 0 Å². The second kappa shape index (κ2) is 8.09.